The van der Waals surface area contributed by atoms with Gasteiger partial charge in [-0.1, -0.05) is 13.3 Å². The van der Waals surface area contributed by atoms with Crippen molar-refractivity contribution in [2.45, 2.75) is 31.2 Å². The van der Waals surface area contributed by atoms with Crippen LogP contribution < -0.4 is 5.69 Å². The highest BCUT2D eigenvalue weighted by molar-refractivity contribution is 7.98. The fourth-order valence-electron chi connectivity index (χ4n) is 1.09. The van der Waals surface area contributed by atoms with Crippen LogP contribution in [0.1, 0.15) is 25.5 Å². The molecule has 72 valence electrons. The molecule has 13 heavy (non-hydrogen) atoms. The predicted molar refractivity (Wildman–Crippen MR) is 55.3 cm³/mol. The van der Waals surface area contributed by atoms with E-state index in [4.69, 9.17) is 0 Å². The summed E-state index contributed by atoms with van der Waals surface area (Å²) in [5.41, 5.74) is 0.754. The van der Waals surface area contributed by atoms with E-state index in [1.54, 1.807) is 0 Å². The van der Waals surface area contributed by atoms with Crippen LogP contribution in [0.4, 0.5) is 0 Å². The molecule has 0 saturated carbocycles. The van der Waals surface area contributed by atoms with Crippen molar-refractivity contribution < 1.29 is 0 Å². The van der Waals surface area contributed by atoms with Crippen LogP contribution in [0, 0.1) is 0 Å². The van der Waals surface area contributed by atoms with E-state index in [0.717, 1.165) is 30.0 Å². The Kier molecular flexibility index (Phi) is 4.02. The summed E-state index contributed by atoms with van der Waals surface area (Å²) in [7, 11) is 0. The topological polar surface area (TPSA) is 45.8 Å². The molecular weight excluding hydrogens is 184 g/mol. The van der Waals surface area contributed by atoms with Gasteiger partial charge in [-0.2, -0.15) is 4.98 Å². The standard InChI is InChI=1S/C9H14N2OS/c1-3-4-5-7-6-8(13-2)11-9(12)10-7/h6H,3-5H2,1-2H3,(H,10,11,12). The van der Waals surface area contributed by atoms with Gasteiger partial charge in [0, 0.05) is 5.69 Å². The number of unbranched alkanes of at least 4 members (excludes halogenated alkanes) is 1. The molecule has 1 N–H and O–H groups in total. The lowest BCUT2D eigenvalue weighted by molar-refractivity contribution is 0.759. The molecular formula is C9H14N2OS. The van der Waals surface area contributed by atoms with Gasteiger partial charge in [0.25, 0.3) is 0 Å². The molecule has 3 nitrogen and oxygen atoms in total. The van der Waals surface area contributed by atoms with Crippen LogP contribution in [0.5, 0.6) is 0 Å². The number of hydrogen-bond acceptors (Lipinski definition) is 3. The zero-order valence-corrected chi connectivity index (χ0v) is 8.78. The summed E-state index contributed by atoms with van der Waals surface area (Å²) in [6.07, 6.45) is 5.10. The molecule has 0 unspecified atom stereocenters. The summed E-state index contributed by atoms with van der Waals surface area (Å²) < 4.78 is 0. The molecule has 0 amide bonds. The number of nitrogens with one attached hydrogen (secondary N) is 1. The Morgan fingerprint density at radius 3 is 3.00 bits per heavy atom. The molecule has 1 aromatic heterocycles. The second-order valence-corrected chi connectivity index (χ2v) is 3.68. The van der Waals surface area contributed by atoms with E-state index >= 15 is 0 Å². The van der Waals surface area contributed by atoms with Gasteiger partial charge >= 0.3 is 5.69 Å². The smallest absolute Gasteiger partial charge is 0.310 e. The van der Waals surface area contributed by atoms with E-state index in [2.05, 4.69) is 16.9 Å². The van der Waals surface area contributed by atoms with Gasteiger partial charge in [0.05, 0.1) is 0 Å². The van der Waals surface area contributed by atoms with Crippen molar-refractivity contribution in [3.05, 3.63) is 22.2 Å². The summed E-state index contributed by atoms with van der Waals surface area (Å²) >= 11 is 1.50. The SMILES string of the molecule is CCCCc1cc(SC)nc(=O)[nH]1. The Hall–Kier alpha value is -0.770. The molecule has 1 aromatic rings. The quantitative estimate of drug-likeness (QED) is 0.593. The maximum Gasteiger partial charge on any atom is 0.346 e. The van der Waals surface area contributed by atoms with Crippen LogP contribution in [0.2, 0.25) is 0 Å². The number of nitrogens with zero attached hydrogens (tertiary/aromatic N) is 1. The van der Waals surface area contributed by atoms with Gasteiger partial charge in [-0.3, -0.25) is 0 Å². The highest BCUT2D eigenvalue weighted by atomic mass is 32.2. The first kappa shape index (κ1) is 10.3. The van der Waals surface area contributed by atoms with Gasteiger partial charge in [0.2, 0.25) is 0 Å². The third-order valence-electron chi connectivity index (χ3n) is 1.79. The molecule has 0 spiro atoms. The average molecular weight is 198 g/mol. The fourth-order valence-corrected chi connectivity index (χ4v) is 1.52. The van der Waals surface area contributed by atoms with Crippen molar-refractivity contribution in [2.24, 2.45) is 0 Å². The summed E-state index contributed by atoms with van der Waals surface area (Å²) in [5.74, 6) is 0. The zero-order chi connectivity index (χ0) is 9.68. The third kappa shape index (κ3) is 3.22. The first-order valence-electron chi connectivity index (χ1n) is 4.40. The van der Waals surface area contributed by atoms with Gasteiger partial charge in [-0.05, 0) is 25.2 Å². The number of H-pyrrole nitrogens is 1. The fraction of sp³-hybridized carbons (Fsp3) is 0.556. The Morgan fingerprint density at radius 1 is 1.62 bits per heavy atom. The third-order valence-corrected chi connectivity index (χ3v) is 2.41. The molecule has 0 atom stereocenters. The van der Waals surface area contributed by atoms with Crippen LogP contribution >= 0.6 is 11.8 Å². The van der Waals surface area contributed by atoms with Gasteiger partial charge in [-0.25, -0.2) is 4.79 Å². The Balaban J connectivity index is 2.82. The molecule has 0 aromatic carbocycles. The van der Waals surface area contributed by atoms with Crippen molar-refractivity contribution in [1.29, 1.82) is 0 Å². The number of hydrogen-bond donors (Lipinski definition) is 1. The lowest BCUT2D eigenvalue weighted by Gasteiger charge is -2.00. The van der Waals surface area contributed by atoms with Gasteiger partial charge < -0.3 is 4.98 Å². The summed E-state index contributed by atoms with van der Waals surface area (Å²) in [6.45, 7) is 2.13. The van der Waals surface area contributed by atoms with E-state index in [-0.39, 0.29) is 5.69 Å². The van der Waals surface area contributed by atoms with Crippen LogP contribution in [0.25, 0.3) is 0 Å². The van der Waals surface area contributed by atoms with Gasteiger partial charge in [0.1, 0.15) is 5.03 Å². The van der Waals surface area contributed by atoms with E-state index in [0.29, 0.717) is 0 Å². The van der Waals surface area contributed by atoms with E-state index in [1.165, 1.54) is 11.8 Å². The minimum absolute atomic E-state index is 0.238. The minimum Gasteiger partial charge on any atom is -0.310 e. The first-order valence-corrected chi connectivity index (χ1v) is 5.63. The van der Waals surface area contributed by atoms with E-state index in [9.17, 15) is 4.79 Å². The molecule has 0 aliphatic carbocycles. The Labute approximate surface area is 82.0 Å². The number of aromatic nitrogens is 2. The van der Waals surface area contributed by atoms with Crippen molar-refractivity contribution in [3.8, 4) is 0 Å². The second kappa shape index (κ2) is 5.07. The van der Waals surface area contributed by atoms with E-state index < -0.39 is 0 Å². The largest absolute Gasteiger partial charge is 0.346 e. The van der Waals surface area contributed by atoms with Crippen LogP contribution in [0.3, 0.4) is 0 Å². The monoisotopic (exact) mass is 198 g/mol. The summed E-state index contributed by atoms with van der Waals surface area (Å²) in [5, 5.41) is 0.801. The highest BCUT2D eigenvalue weighted by Crippen LogP contribution is 2.10. The molecule has 1 heterocycles. The number of thioether (sulfide) groups is 1. The lowest BCUT2D eigenvalue weighted by atomic mass is 10.2. The maximum atomic E-state index is 11.1. The Morgan fingerprint density at radius 2 is 2.38 bits per heavy atom. The van der Waals surface area contributed by atoms with Crippen LogP contribution in [-0.2, 0) is 6.42 Å². The molecule has 0 saturated heterocycles. The first-order chi connectivity index (χ1) is 6.26. The molecule has 0 fully saturated rings. The van der Waals surface area contributed by atoms with Crippen LogP contribution in [-0.4, -0.2) is 16.2 Å². The average Bonchev–Trinajstić information content (AvgIpc) is 2.14. The van der Waals surface area contributed by atoms with Crippen molar-refractivity contribution >= 4 is 11.8 Å². The molecule has 0 bridgehead atoms. The minimum atomic E-state index is -0.238. The molecule has 4 heteroatoms. The number of aromatic amines is 1. The Bertz CT molecular complexity index is 322. The molecule has 1 rings (SSSR count). The van der Waals surface area contributed by atoms with Gasteiger partial charge in [-0.15, -0.1) is 11.8 Å². The van der Waals surface area contributed by atoms with Crippen molar-refractivity contribution in [3.63, 3.8) is 0 Å². The number of aryl methyl sites for hydroxylation is 1. The zero-order valence-electron chi connectivity index (χ0n) is 7.96. The summed E-state index contributed by atoms with van der Waals surface area (Å²) in [4.78, 5) is 17.6. The second-order valence-electron chi connectivity index (χ2n) is 2.86. The molecule has 0 aliphatic heterocycles. The summed E-state index contributed by atoms with van der Waals surface area (Å²) in [6, 6.07) is 1.95. The normalized spacial score (nSPS) is 10.3. The number of rotatable bonds is 4. The van der Waals surface area contributed by atoms with Gasteiger partial charge in [0.15, 0.2) is 0 Å². The molecule has 0 aliphatic rings. The van der Waals surface area contributed by atoms with E-state index in [1.807, 2.05) is 12.3 Å². The molecule has 0 radical (unpaired) electrons. The maximum absolute atomic E-state index is 11.1. The van der Waals surface area contributed by atoms with Crippen LogP contribution in [0.15, 0.2) is 15.9 Å². The van der Waals surface area contributed by atoms with Crippen molar-refractivity contribution in [2.75, 3.05) is 6.26 Å². The highest BCUT2D eigenvalue weighted by Gasteiger charge is 1.98. The predicted octanol–water partition coefficient (Wildman–Crippen LogP) is 1.83. The lowest BCUT2D eigenvalue weighted by Crippen LogP contribution is -2.13. The van der Waals surface area contributed by atoms with Crippen molar-refractivity contribution in [1.82, 2.24) is 9.97 Å².